The molecule has 0 aliphatic carbocycles. The van der Waals surface area contributed by atoms with Crippen molar-refractivity contribution in [3.05, 3.63) is 46.2 Å². The summed E-state index contributed by atoms with van der Waals surface area (Å²) < 4.78 is 2.90. The van der Waals surface area contributed by atoms with Gasteiger partial charge < -0.3 is 5.73 Å². The van der Waals surface area contributed by atoms with Gasteiger partial charge in [-0.05, 0) is 25.1 Å². The van der Waals surface area contributed by atoms with Gasteiger partial charge in [0, 0.05) is 21.9 Å². The van der Waals surface area contributed by atoms with Crippen LogP contribution in [0.15, 0.2) is 34.9 Å². The average molecular weight is 266 g/mol. The van der Waals surface area contributed by atoms with Crippen LogP contribution in [0.5, 0.6) is 0 Å². The second kappa shape index (κ2) is 4.06. The van der Waals surface area contributed by atoms with E-state index in [1.165, 1.54) is 0 Å². The molecule has 2 N–H and O–H groups in total. The molecule has 0 amide bonds. The number of aromatic nitrogens is 2. The van der Waals surface area contributed by atoms with E-state index in [4.69, 9.17) is 5.73 Å². The fourth-order valence-electron chi connectivity index (χ4n) is 1.46. The van der Waals surface area contributed by atoms with Gasteiger partial charge in [0.2, 0.25) is 0 Å². The molecule has 15 heavy (non-hydrogen) atoms. The maximum absolute atomic E-state index is 5.90. The zero-order chi connectivity index (χ0) is 10.8. The van der Waals surface area contributed by atoms with E-state index in [-0.39, 0.29) is 0 Å². The summed E-state index contributed by atoms with van der Waals surface area (Å²) in [7, 11) is 0. The molecule has 0 spiro atoms. The minimum Gasteiger partial charge on any atom is -0.398 e. The molecule has 0 radical (unpaired) electrons. The number of halogens is 1. The highest BCUT2D eigenvalue weighted by molar-refractivity contribution is 9.10. The summed E-state index contributed by atoms with van der Waals surface area (Å²) in [6, 6.07) is 7.79. The van der Waals surface area contributed by atoms with Crippen molar-refractivity contribution in [1.82, 2.24) is 9.78 Å². The minimum atomic E-state index is 0.696. The molecule has 1 heterocycles. The zero-order valence-electron chi connectivity index (χ0n) is 8.44. The van der Waals surface area contributed by atoms with Crippen LogP contribution < -0.4 is 5.73 Å². The first-order chi connectivity index (χ1) is 7.16. The van der Waals surface area contributed by atoms with Crippen LogP contribution in [0.2, 0.25) is 0 Å². The molecule has 0 atom stereocenters. The molecule has 0 unspecified atom stereocenters. The minimum absolute atomic E-state index is 0.696. The lowest BCUT2D eigenvalue weighted by atomic mass is 10.2. The van der Waals surface area contributed by atoms with E-state index in [0.717, 1.165) is 21.4 Å². The molecule has 3 nitrogen and oxygen atoms in total. The lowest BCUT2D eigenvalue weighted by Crippen LogP contribution is -2.04. The fraction of sp³-hybridized carbons (Fsp3) is 0.182. The molecule has 0 aliphatic heterocycles. The number of nitrogens with zero attached hydrogens (tertiary/aromatic N) is 2. The Morgan fingerprint density at radius 1 is 1.40 bits per heavy atom. The number of hydrogen-bond donors (Lipinski definition) is 1. The maximum atomic E-state index is 5.90. The Bertz CT molecular complexity index is 456. The van der Waals surface area contributed by atoms with Gasteiger partial charge in [-0.1, -0.05) is 22.0 Å². The van der Waals surface area contributed by atoms with Crippen LogP contribution in [0, 0.1) is 6.92 Å². The van der Waals surface area contributed by atoms with E-state index < -0.39 is 0 Å². The molecule has 0 saturated heterocycles. The summed E-state index contributed by atoms with van der Waals surface area (Å²) in [5.74, 6) is 0. The zero-order valence-corrected chi connectivity index (χ0v) is 10.0. The summed E-state index contributed by atoms with van der Waals surface area (Å²) in [5.41, 5.74) is 8.78. The molecular weight excluding hydrogens is 254 g/mol. The summed E-state index contributed by atoms with van der Waals surface area (Å²) in [4.78, 5) is 0. The molecular formula is C11H12BrN3. The van der Waals surface area contributed by atoms with Crippen LogP contribution in [0.25, 0.3) is 0 Å². The third kappa shape index (κ3) is 2.21. The number of aryl methyl sites for hydroxylation is 1. The Kier molecular flexibility index (Phi) is 2.77. The Morgan fingerprint density at radius 3 is 2.80 bits per heavy atom. The molecule has 78 valence electrons. The first-order valence-corrected chi connectivity index (χ1v) is 5.49. The van der Waals surface area contributed by atoms with E-state index in [0.29, 0.717) is 6.54 Å². The first kappa shape index (κ1) is 10.2. The summed E-state index contributed by atoms with van der Waals surface area (Å²) in [6.07, 6.45) is 1.95. The van der Waals surface area contributed by atoms with Gasteiger partial charge in [0.25, 0.3) is 0 Å². The van der Waals surface area contributed by atoms with Gasteiger partial charge in [-0.25, -0.2) is 0 Å². The first-order valence-electron chi connectivity index (χ1n) is 4.70. The predicted octanol–water partition coefficient (Wildman–Crippen LogP) is 2.58. The highest BCUT2D eigenvalue weighted by Gasteiger charge is 2.05. The van der Waals surface area contributed by atoms with E-state index in [1.807, 2.05) is 42.1 Å². The summed E-state index contributed by atoms with van der Waals surface area (Å²) >= 11 is 3.49. The normalized spacial score (nSPS) is 10.5. The van der Waals surface area contributed by atoms with Crippen molar-refractivity contribution in [2.45, 2.75) is 13.5 Å². The maximum Gasteiger partial charge on any atom is 0.0690 e. The number of hydrogen-bond acceptors (Lipinski definition) is 2. The Labute approximate surface area is 97.0 Å². The van der Waals surface area contributed by atoms with Crippen LogP contribution in [-0.4, -0.2) is 9.78 Å². The molecule has 2 aromatic rings. The van der Waals surface area contributed by atoms with Gasteiger partial charge in [-0.15, -0.1) is 0 Å². The number of nitrogens with two attached hydrogens (primary N) is 1. The van der Waals surface area contributed by atoms with Crippen molar-refractivity contribution in [3.63, 3.8) is 0 Å². The molecule has 1 aromatic heterocycles. The third-order valence-electron chi connectivity index (χ3n) is 2.25. The molecule has 2 rings (SSSR count). The monoisotopic (exact) mass is 265 g/mol. The predicted molar refractivity (Wildman–Crippen MR) is 64.6 cm³/mol. The smallest absolute Gasteiger partial charge is 0.0690 e. The van der Waals surface area contributed by atoms with Gasteiger partial charge in [0.15, 0.2) is 0 Å². The van der Waals surface area contributed by atoms with Gasteiger partial charge in [0.1, 0.15) is 0 Å². The van der Waals surface area contributed by atoms with E-state index in [2.05, 4.69) is 21.0 Å². The molecule has 0 aliphatic rings. The summed E-state index contributed by atoms with van der Waals surface area (Å²) in [6.45, 7) is 2.67. The number of benzene rings is 1. The standard InChI is InChI=1S/C11H12BrN3/c1-8-5-6-15(14-8)7-9-10(12)3-2-4-11(9)13/h2-6H,7,13H2,1H3. The van der Waals surface area contributed by atoms with Crippen molar-refractivity contribution in [3.8, 4) is 0 Å². The Balaban J connectivity index is 2.31. The summed E-state index contributed by atoms with van der Waals surface area (Å²) in [5, 5.41) is 4.33. The van der Waals surface area contributed by atoms with Gasteiger partial charge >= 0.3 is 0 Å². The van der Waals surface area contributed by atoms with E-state index in [1.54, 1.807) is 0 Å². The second-order valence-corrected chi connectivity index (χ2v) is 4.32. The lowest BCUT2D eigenvalue weighted by Gasteiger charge is -2.07. The Hall–Kier alpha value is -1.29. The van der Waals surface area contributed by atoms with Crippen LogP contribution in [0.3, 0.4) is 0 Å². The van der Waals surface area contributed by atoms with E-state index >= 15 is 0 Å². The van der Waals surface area contributed by atoms with Gasteiger partial charge in [0.05, 0.1) is 12.2 Å². The van der Waals surface area contributed by atoms with Crippen LogP contribution in [0.1, 0.15) is 11.3 Å². The molecule has 4 heteroatoms. The fourth-order valence-corrected chi connectivity index (χ4v) is 1.96. The largest absolute Gasteiger partial charge is 0.398 e. The molecule has 0 saturated carbocycles. The van der Waals surface area contributed by atoms with Crippen molar-refractivity contribution >= 4 is 21.6 Å². The third-order valence-corrected chi connectivity index (χ3v) is 2.99. The van der Waals surface area contributed by atoms with Gasteiger partial charge in [-0.3, -0.25) is 4.68 Å². The average Bonchev–Trinajstić information content (AvgIpc) is 2.58. The van der Waals surface area contributed by atoms with Gasteiger partial charge in [-0.2, -0.15) is 5.10 Å². The highest BCUT2D eigenvalue weighted by atomic mass is 79.9. The molecule has 0 fully saturated rings. The number of nitrogen functional groups attached to an aromatic ring is 1. The lowest BCUT2D eigenvalue weighted by molar-refractivity contribution is 0.679. The number of rotatable bonds is 2. The Morgan fingerprint density at radius 2 is 2.20 bits per heavy atom. The SMILES string of the molecule is Cc1ccn(Cc2c(N)cccc2Br)n1. The van der Waals surface area contributed by atoms with Crippen molar-refractivity contribution in [2.24, 2.45) is 0 Å². The quantitative estimate of drug-likeness (QED) is 0.849. The van der Waals surface area contributed by atoms with Crippen LogP contribution in [-0.2, 0) is 6.54 Å². The molecule has 0 bridgehead atoms. The number of anilines is 1. The second-order valence-electron chi connectivity index (χ2n) is 3.46. The van der Waals surface area contributed by atoms with Crippen LogP contribution >= 0.6 is 15.9 Å². The van der Waals surface area contributed by atoms with Crippen molar-refractivity contribution < 1.29 is 0 Å². The highest BCUT2D eigenvalue weighted by Crippen LogP contribution is 2.23. The topological polar surface area (TPSA) is 43.8 Å². The molecule has 1 aromatic carbocycles. The van der Waals surface area contributed by atoms with Crippen LogP contribution in [0.4, 0.5) is 5.69 Å². The van der Waals surface area contributed by atoms with E-state index in [9.17, 15) is 0 Å². The van der Waals surface area contributed by atoms with Crippen molar-refractivity contribution in [2.75, 3.05) is 5.73 Å². The van der Waals surface area contributed by atoms with Crippen molar-refractivity contribution in [1.29, 1.82) is 0 Å².